The van der Waals surface area contributed by atoms with E-state index in [2.05, 4.69) is 25.6 Å². The molecule has 1 N–H and O–H groups in total. The zero-order valence-electron chi connectivity index (χ0n) is 13.0. The van der Waals surface area contributed by atoms with E-state index in [0.717, 1.165) is 4.90 Å². The van der Waals surface area contributed by atoms with E-state index in [4.69, 9.17) is 0 Å². The summed E-state index contributed by atoms with van der Waals surface area (Å²) in [4.78, 5) is 36.8. The maximum absolute atomic E-state index is 12.6. The average molecular weight is 330 g/mol. The van der Waals surface area contributed by atoms with Crippen molar-refractivity contribution in [2.75, 3.05) is 13.7 Å². The third-order valence-electron chi connectivity index (χ3n) is 3.85. The normalized spacial score (nSPS) is 20.2. The van der Waals surface area contributed by atoms with Gasteiger partial charge in [-0.3, -0.25) is 14.5 Å². The standard InChI is InChI=1S/C14H14N6O4/c1-14(12(22)19(13(23)16-14)7-11(21)24-2)9-3-5-10(6-4-9)20-8-15-17-18-20/h3-6,8H,7H2,1-2H3,(H,16,23)/t14-/m1/s1. The monoisotopic (exact) mass is 330 g/mol. The molecule has 1 aliphatic rings. The molecule has 2 aromatic rings. The summed E-state index contributed by atoms with van der Waals surface area (Å²) in [6.07, 6.45) is 1.44. The number of esters is 1. The first-order chi connectivity index (χ1) is 11.5. The Labute approximate surface area is 136 Å². The van der Waals surface area contributed by atoms with E-state index in [1.54, 1.807) is 31.2 Å². The van der Waals surface area contributed by atoms with Gasteiger partial charge in [0.05, 0.1) is 12.8 Å². The molecule has 124 valence electrons. The van der Waals surface area contributed by atoms with Gasteiger partial charge in [-0.1, -0.05) is 12.1 Å². The Hall–Kier alpha value is -3.30. The molecular weight excluding hydrogens is 316 g/mol. The summed E-state index contributed by atoms with van der Waals surface area (Å²) in [5.41, 5.74) is 0.0186. The van der Waals surface area contributed by atoms with E-state index in [9.17, 15) is 14.4 Å². The van der Waals surface area contributed by atoms with Crippen molar-refractivity contribution in [1.82, 2.24) is 30.4 Å². The second kappa shape index (κ2) is 5.72. The zero-order chi connectivity index (χ0) is 17.3. The van der Waals surface area contributed by atoms with Crippen molar-refractivity contribution in [3.05, 3.63) is 36.2 Å². The summed E-state index contributed by atoms with van der Waals surface area (Å²) in [5.74, 6) is -1.19. The van der Waals surface area contributed by atoms with Crippen LogP contribution in [-0.2, 0) is 19.9 Å². The number of ether oxygens (including phenoxy) is 1. The van der Waals surface area contributed by atoms with Gasteiger partial charge < -0.3 is 10.1 Å². The highest BCUT2D eigenvalue weighted by molar-refractivity contribution is 6.08. The van der Waals surface area contributed by atoms with Crippen molar-refractivity contribution in [2.24, 2.45) is 0 Å². The highest BCUT2D eigenvalue weighted by Gasteiger charge is 2.49. The van der Waals surface area contributed by atoms with Crippen molar-refractivity contribution in [3.8, 4) is 5.69 Å². The van der Waals surface area contributed by atoms with E-state index in [1.807, 2.05) is 0 Å². The first-order valence-corrected chi connectivity index (χ1v) is 7.00. The number of carbonyl (C=O) groups is 3. The van der Waals surface area contributed by atoms with Crippen LogP contribution in [0.2, 0.25) is 0 Å². The topological polar surface area (TPSA) is 119 Å². The van der Waals surface area contributed by atoms with Crippen molar-refractivity contribution in [1.29, 1.82) is 0 Å². The molecule has 10 nitrogen and oxygen atoms in total. The Kier molecular flexibility index (Phi) is 3.72. The Bertz CT molecular complexity index is 788. The number of tetrazole rings is 1. The molecule has 0 saturated carbocycles. The molecule has 0 bridgehead atoms. The summed E-state index contributed by atoms with van der Waals surface area (Å²) in [6.45, 7) is 1.15. The van der Waals surface area contributed by atoms with Gasteiger partial charge in [-0.2, -0.15) is 0 Å². The molecule has 1 aromatic carbocycles. The van der Waals surface area contributed by atoms with Gasteiger partial charge in [0, 0.05) is 0 Å². The molecule has 0 unspecified atom stereocenters. The summed E-state index contributed by atoms with van der Waals surface area (Å²) < 4.78 is 5.97. The molecule has 1 aliphatic heterocycles. The molecule has 2 heterocycles. The van der Waals surface area contributed by atoms with Crippen molar-refractivity contribution in [3.63, 3.8) is 0 Å². The Morgan fingerprint density at radius 1 is 1.29 bits per heavy atom. The van der Waals surface area contributed by atoms with Crippen LogP contribution < -0.4 is 5.32 Å². The van der Waals surface area contributed by atoms with Gasteiger partial charge in [0.1, 0.15) is 18.4 Å². The number of urea groups is 1. The number of methoxy groups -OCH3 is 1. The maximum atomic E-state index is 12.6. The summed E-state index contributed by atoms with van der Waals surface area (Å²) in [6, 6.07) is 6.18. The Balaban J connectivity index is 1.87. The van der Waals surface area contributed by atoms with Crippen LogP contribution in [0.3, 0.4) is 0 Å². The minimum absolute atomic E-state index is 0.431. The number of nitrogens with one attached hydrogen (secondary N) is 1. The third-order valence-corrected chi connectivity index (χ3v) is 3.85. The lowest BCUT2D eigenvalue weighted by Gasteiger charge is -2.22. The van der Waals surface area contributed by atoms with Crippen LogP contribution in [0.5, 0.6) is 0 Å². The molecule has 0 aliphatic carbocycles. The average Bonchev–Trinajstić information content (AvgIpc) is 3.19. The van der Waals surface area contributed by atoms with Gasteiger partial charge in [0.2, 0.25) is 0 Å². The summed E-state index contributed by atoms with van der Waals surface area (Å²) in [7, 11) is 1.19. The van der Waals surface area contributed by atoms with Crippen LogP contribution in [0.4, 0.5) is 4.79 Å². The van der Waals surface area contributed by atoms with Crippen molar-refractivity contribution < 1.29 is 19.1 Å². The van der Waals surface area contributed by atoms with Crippen LogP contribution in [0.25, 0.3) is 5.69 Å². The molecule has 3 amide bonds. The van der Waals surface area contributed by atoms with Gasteiger partial charge >= 0.3 is 12.0 Å². The summed E-state index contributed by atoms with van der Waals surface area (Å²) in [5, 5.41) is 13.5. The number of hydrogen-bond acceptors (Lipinski definition) is 7. The van der Waals surface area contributed by atoms with Gasteiger partial charge in [-0.25, -0.2) is 9.48 Å². The molecule has 1 saturated heterocycles. The van der Waals surface area contributed by atoms with E-state index in [1.165, 1.54) is 18.1 Å². The number of amides is 3. The molecule has 24 heavy (non-hydrogen) atoms. The predicted molar refractivity (Wildman–Crippen MR) is 78.8 cm³/mol. The quantitative estimate of drug-likeness (QED) is 0.598. The van der Waals surface area contributed by atoms with Gasteiger partial charge in [0.25, 0.3) is 5.91 Å². The molecular formula is C14H14N6O4. The second-order valence-electron chi connectivity index (χ2n) is 5.32. The summed E-state index contributed by atoms with van der Waals surface area (Å²) >= 11 is 0. The fourth-order valence-electron chi connectivity index (χ4n) is 2.46. The van der Waals surface area contributed by atoms with Crippen LogP contribution in [-0.4, -0.2) is 56.7 Å². The van der Waals surface area contributed by atoms with Crippen molar-refractivity contribution >= 4 is 17.9 Å². The predicted octanol–water partition coefficient (Wildman–Crippen LogP) is -0.398. The van der Waals surface area contributed by atoms with E-state index < -0.39 is 30.0 Å². The van der Waals surface area contributed by atoms with E-state index in [-0.39, 0.29) is 0 Å². The Morgan fingerprint density at radius 3 is 2.58 bits per heavy atom. The minimum Gasteiger partial charge on any atom is -0.468 e. The number of hydrogen-bond donors (Lipinski definition) is 1. The van der Waals surface area contributed by atoms with Gasteiger partial charge in [-0.15, -0.1) is 5.10 Å². The lowest BCUT2D eigenvalue weighted by molar-refractivity contribution is -0.145. The van der Waals surface area contributed by atoms with Crippen molar-refractivity contribution in [2.45, 2.75) is 12.5 Å². The molecule has 1 atom stereocenters. The molecule has 0 spiro atoms. The first-order valence-electron chi connectivity index (χ1n) is 7.00. The highest BCUT2D eigenvalue weighted by Crippen LogP contribution is 2.29. The molecule has 1 fully saturated rings. The number of carbonyl (C=O) groups excluding carboxylic acids is 3. The smallest absolute Gasteiger partial charge is 0.325 e. The zero-order valence-corrected chi connectivity index (χ0v) is 13.0. The first kappa shape index (κ1) is 15.6. The SMILES string of the molecule is COC(=O)CN1C(=O)N[C@](C)(c2ccc(-n3cnnn3)cc2)C1=O. The second-order valence-corrected chi connectivity index (χ2v) is 5.32. The van der Waals surface area contributed by atoms with Crippen LogP contribution in [0, 0.1) is 0 Å². The van der Waals surface area contributed by atoms with Crippen LogP contribution in [0.15, 0.2) is 30.6 Å². The lowest BCUT2D eigenvalue weighted by Crippen LogP contribution is -2.41. The van der Waals surface area contributed by atoms with Gasteiger partial charge in [-0.05, 0) is 35.0 Å². The number of benzene rings is 1. The molecule has 3 rings (SSSR count). The molecule has 0 radical (unpaired) electrons. The number of rotatable bonds is 4. The number of nitrogens with zero attached hydrogens (tertiary/aromatic N) is 5. The largest absolute Gasteiger partial charge is 0.468 e. The fraction of sp³-hybridized carbons (Fsp3) is 0.286. The number of imide groups is 1. The lowest BCUT2D eigenvalue weighted by atomic mass is 9.92. The fourth-order valence-corrected chi connectivity index (χ4v) is 2.46. The van der Waals surface area contributed by atoms with Crippen LogP contribution >= 0.6 is 0 Å². The number of aromatic nitrogens is 4. The minimum atomic E-state index is -1.26. The molecule has 1 aromatic heterocycles. The Morgan fingerprint density at radius 2 is 2.00 bits per heavy atom. The maximum Gasteiger partial charge on any atom is 0.325 e. The van der Waals surface area contributed by atoms with Crippen LogP contribution in [0.1, 0.15) is 12.5 Å². The molecule has 10 heteroatoms. The highest BCUT2D eigenvalue weighted by atomic mass is 16.5. The third kappa shape index (κ3) is 2.47. The van der Waals surface area contributed by atoms with E-state index in [0.29, 0.717) is 11.3 Å². The van der Waals surface area contributed by atoms with Gasteiger partial charge in [0.15, 0.2) is 0 Å². The van der Waals surface area contributed by atoms with E-state index >= 15 is 0 Å².